The highest BCUT2D eigenvalue weighted by Crippen LogP contribution is 2.19. The number of carbonyl (C=O) groups is 1. The highest BCUT2D eigenvalue weighted by atomic mass is 16.5. The van der Waals surface area contributed by atoms with Crippen LogP contribution in [0.15, 0.2) is 42.6 Å². The van der Waals surface area contributed by atoms with Gasteiger partial charge in [-0.25, -0.2) is 4.68 Å². The van der Waals surface area contributed by atoms with Crippen molar-refractivity contribution in [2.75, 3.05) is 0 Å². The van der Waals surface area contributed by atoms with Crippen LogP contribution in [0.5, 0.6) is 5.88 Å². The molecule has 0 bridgehead atoms. The SMILES string of the molecule is CC(Oc1ccn(-c2ccccc2)n1)C(=O)NC1CCC(O)CC1. The second-order valence-corrected chi connectivity index (χ2v) is 6.21. The molecule has 6 nitrogen and oxygen atoms in total. The van der Waals surface area contributed by atoms with E-state index in [9.17, 15) is 9.90 Å². The molecule has 6 heteroatoms. The van der Waals surface area contributed by atoms with Crippen LogP contribution in [-0.4, -0.2) is 39.0 Å². The number of hydrogen-bond acceptors (Lipinski definition) is 4. The van der Waals surface area contributed by atoms with Crippen LogP contribution in [0.1, 0.15) is 32.6 Å². The fraction of sp³-hybridized carbons (Fsp3) is 0.444. The highest BCUT2D eigenvalue weighted by Gasteiger charge is 2.24. The monoisotopic (exact) mass is 329 g/mol. The Morgan fingerprint density at radius 2 is 1.96 bits per heavy atom. The maximum atomic E-state index is 12.2. The Bertz CT molecular complexity index is 663. The van der Waals surface area contributed by atoms with Crippen molar-refractivity contribution in [2.45, 2.75) is 50.9 Å². The molecule has 1 fully saturated rings. The van der Waals surface area contributed by atoms with Gasteiger partial charge in [-0.3, -0.25) is 4.79 Å². The lowest BCUT2D eigenvalue weighted by molar-refractivity contribution is -0.128. The van der Waals surface area contributed by atoms with Gasteiger partial charge in [0.1, 0.15) is 0 Å². The maximum absolute atomic E-state index is 12.2. The van der Waals surface area contributed by atoms with E-state index in [-0.39, 0.29) is 18.1 Å². The second-order valence-electron chi connectivity index (χ2n) is 6.21. The quantitative estimate of drug-likeness (QED) is 0.880. The number of hydrogen-bond donors (Lipinski definition) is 2. The molecule has 1 atom stereocenters. The zero-order valence-corrected chi connectivity index (χ0v) is 13.8. The van der Waals surface area contributed by atoms with Crippen LogP contribution < -0.4 is 10.1 Å². The Kier molecular flexibility index (Phi) is 5.15. The highest BCUT2D eigenvalue weighted by molar-refractivity contribution is 5.80. The van der Waals surface area contributed by atoms with Gasteiger partial charge in [-0.1, -0.05) is 18.2 Å². The summed E-state index contributed by atoms with van der Waals surface area (Å²) in [6.45, 7) is 1.72. The lowest BCUT2D eigenvalue weighted by atomic mass is 9.93. The molecule has 1 aliphatic rings. The summed E-state index contributed by atoms with van der Waals surface area (Å²) in [5, 5.41) is 16.8. The zero-order valence-electron chi connectivity index (χ0n) is 13.8. The molecule has 2 aromatic rings. The Morgan fingerprint density at radius 3 is 2.67 bits per heavy atom. The summed E-state index contributed by atoms with van der Waals surface area (Å²) >= 11 is 0. The maximum Gasteiger partial charge on any atom is 0.261 e. The molecular formula is C18H23N3O3. The standard InChI is InChI=1S/C18H23N3O3/c1-13(18(23)19-14-7-9-16(22)10-8-14)24-17-11-12-21(20-17)15-5-3-2-4-6-15/h2-6,11-14,16,22H,7-10H2,1H3,(H,19,23). The van der Waals surface area contributed by atoms with Crippen LogP contribution in [0.3, 0.4) is 0 Å². The zero-order chi connectivity index (χ0) is 16.9. The summed E-state index contributed by atoms with van der Waals surface area (Å²) in [5.74, 6) is 0.270. The largest absolute Gasteiger partial charge is 0.463 e. The number of nitrogens with one attached hydrogen (secondary N) is 1. The number of aromatic nitrogens is 2. The summed E-state index contributed by atoms with van der Waals surface area (Å²) in [6, 6.07) is 11.6. The Balaban J connectivity index is 1.54. The smallest absolute Gasteiger partial charge is 0.261 e. The lowest BCUT2D eigenvalue weighted by Crippen LogP contribution is -2.44. The topological polar surface area (TPSA) is 76.4 Å². The molecule has 1 aliphatic carbocycles. The molecule has 1 aromatic carbocycles. The molecule has 1 saturated carbocycles. The Morgan fingerprint density at radius 1 is 1.25 bits per heavy atom. The molecule has 0 spiro atoms. The van der Waals surface area contributed by atoms with Crippen LogP contribution in [0.4, 0.5) is 0 Å². The molecule has 1 heterocycles. The van der Waals surface area contributed by atoms with Gasteiger partial charge in [0, 0.05) is 18.3 Å². The van der Waals surface area contributed by atoms with E-state index in [1.807, 2.05) is 30.3 Å². The first kappa shape index (κ1) is 16.5. The molecule has 0 radical (unpaired) electrons. The molecule has 1 aromatic heterocycles. The van der Waals surface area contributed by atoms with Crippen LogP contribution >= 0.6 is 0 Å². The molecular weight excluding hydrogens is 306 g/mol. The van der Waals surface area contributed by atoms with Gasteiger partial charge in [0.25, 0.3) is 5.91 Å². The molecule has 1 amide bonds. The molecule has 128 valence electrons. The van der Waals surface area contributed by atoms with Gasteiger partial charge in [-0.05, 0) is 44.7 Å². The van der Waals surface area contributed by atoms with E-state index in [1.54, 1.807) is 23.9 Å². The summed E-state index contributed by atoms with van der Waals surface area (Å²) in [5.41, 5.74) is 0.935. The summed E-state index contributed by atoms with van der Waals surface area (Å²) < 4.78 is 7.36. The number of benzene rings is 1. The second kappa shape index (κ2) is 7.49. The minimum absolute atomic E-state index is 0.119. The van der Waals surface area contributed by atoms with Crippen molar-refractivity contribution >= 4 is 5.91 Å². The van der Waals surface area contributed by atoms with E-state index in [0.717, 1.165) is 31.4 Å². The first-order valence-corrected chi connectivity index (χ1v) is 8.38. The van der Waals surface area contributed by atoms with Gasteiger partial charge in [0.05, 0.1) is 11.8 Å². The van der Waals surface area contributed by atoms with Gasteiger partial charge in [0.15, 0.2) is 6.10 Å². The first-order chi connectivity index (χ1) is 11.6. The van der Waals surface area contributed by atoms with E-state index in [2.05, 4.69) is 10.4 Å². The summed E-state index contributed by atoms with van der Waals surface area (Å²) in [6.07, 6.45) is 4.05. The first-order valence-electron chi connectivity index (χ1n) is 8.38. The number of aliphatic hydroxyl groups excluding tert-OH is 1. The number of para-hydroxylation sites is 1. The number of amides is 1. The Hall–Kier alpha value is -2.34. The van der Waals surface area contributed by atoms with E-state index >= 15 is 0 Å². The third kappa shape index (κ3) is 4.14. The third-order valence-corrected chi connectivity index (χ3v) is 4.30. The summed E-state index contributed by atoms with van der Waals surface area (Å²) in [4.78, 5) is 12.2. The molecule has 3 rings (SSSR count). The number of aliphatic hydroxyl groups is 1. The number of nitrogens with zero attached hydrogens (tertiary/aromatic N) is 2. The number of ether oxygens (including phenoxy) is 1. The van der Waals surface area contributed by atoms with Gasteiger partial charge in [-0.15, -0.1) is 5.10 Å². The van der Waals surface area contributed by atoms with Crippen molar-refractivity contribution in [3.63, 3.8) is 0 Å². The molecule has 0 aliphatic heterocycles. The van der Waals surface area contributed by atoms with E-state index < -0.39 is 6.10 Å². The van der Waals surface area contributed by atoms with E-state index in [1.165, 1.54) is 0 Å². The van der Waals surface area contributed by atoms with Gasteiger partial charge in [-0.2, -0.15) is 0 Å². The van der Waals surface area contributed by atoms with Crippen LogP contribution in [0, 0.1) is 0 Å². The average Bonchev–Trinajstić information content (AvgIpc) is 3.06. The fourth-order valence-corrected chi connectivity index (χ4v) is 2.87. The van der Waals surface area contributed by atoms with Gasteiger partial charge >= 0.3 is 0 Å². The molecule has 2 N–H and O–H groups in total. The average molecular weight is 329 g/mol. The van der Waals surface area contributed by atoms with Gasteiger partial charge in [0.2, 0.25) is 5.88 Å². The van der Waals surface area contributed by atoms with E-state index in [4.69, 9.17) is 4.74 Å². The number of carbonyl (C=O) groups excluding carboxylic acids is 1. The predicted octanol–water partition coefficient (Wildman–Crippen LogP) is 2.06. The molecule has 24 heavy (non-hydrogen) atoms. The minimum Gasteiger partial charge on any atom is -0.463 e. The van der Waals surface area contributed by atoms with Crippen molar-refractivity contribution in [3.05, 3.63) is 42.6 Å². The van der Waals surface area contributed by atoms with Crippen LogP contribution in [0.2, 0.25) is 0 Å². The van der Waals surface area contributed by atoms with Crippen molar-refractivity contribution in [1.29, 1.82) is 0 Å². The number of rotatable bonds is 5. The molecule has 1 unspecified atom stereocenters. The third-order valence-electron chi connectivity index (χ3n) is 4.30. The molecule has 0 saturated heterocycles. The summed E-state index contributed by atoms with van der Waals surface area (Å²) in [7, 11) is 0. The predicted molar refractivity (Wildman–Crippen MR) is 90.1 cm³/mol. The van der Waals surface area contributed by atoms with Crippen molar-refractivity contribution in [3.8, 4) is 11.6 Å². The normalized spacial score (nSPS) is 21.9. The van der Waals surface area contributed by atoms with Crippen molar-refractivity contribution in [1.82, 2.24) is 15.1 Å². The fourth-order valence-electron chi connectivity index (χ4n) is 2.87. The van der Waals surface area contributed by atoms with Crippen LogP contribution in [0.25, 0.3) is 5.69 Å². The minimum atomic E-state index is -0.615. The van der Waals surface area contributed by atoms with E-state index in [0.29, 0.717) is 5.88 Å². The van der Waals surface area contributed by atoms with Gasteiger partial charge < -0.3 is 15.2 Å². The lowest BCUT2D eigenvalue weighted by Gasteiger charge is -2.27. The van der Waals surface area contributed by atoms with Crippen LogP contribution in [-0.2, 0) is 4.79 Å². The van der Waals surface area contributed by atoms with Crippen molar-refractivity contribution < 1.29 is 14.6 Å². The Labute approximate surface area is 141 Å². The van der Waals surface area contributed by atoms with Crippen molar-refractivity contribution in [2.24, 2.45) is 0 Å².